The fourth-order valence-electron chi connectivity index (χ4n) is 2.03. The number of rotatable bonds is 7. The average Bonchev–Trinajstić information content (AvgIpc) is 2.80. The fraction of sp³-hybridized carbons (Fsp3) is 0.571. The van der Waals surface area contributed by atoms with Crippen LogP contribution in [-0.2, 0) is 23.8 Å². The molecule has 20 heavy (non-hydrogen) atoms. The Labute approximate surface area is 119 Å². The molecule has 1 atom stereocenters. The van der Waals surface area contributed by atoms with E-state index in [2.05, 4.69) is 16.2 Å². The average molecular weight is 283 g/mol. The van der Waals surface area contributed by atoms with Crippen molar-refractivity contribution in [2.45, 2.75) is 18.9 Å². The standard InChI is InChI=1S/C14H21NO5/c1-11-4-5-12(15(11)8-9-18-2)10-20-14(17)7-6-13(16)19-3/h6-7,12H,1,4-5,8-10H2,2-3H3/b7-6+. The number of likely N-dealkylation sites (tertiary alicyclic amines) is 1. The van der Waals surface area contributed by atoms with Gasteiger partial charge in [0.25, 0.3) is 0 Å². The summed E-state index contributed by atoms with van der Waals surface area (Å²) in [5, 5.41) is 0. The molecule has 0 saturated carbocycles. The SMILES string of the molecule is C=C1CCC(COC(=O)/C=C/C(=O)OC)N1CCOC. The van der Waals surface area contributed by atoms with Gasteiger partial charge < -0.3 is 19.1 Å². The normalized spacial score (nSPS) is 18.6. The molecule has 6 heteroatoms. The van der Waals surface area contributed by atoms with Gasteiger partial charge in [0.05, 0.1) is 19.8 Å². The van der Waals surface area contributed by atoms with Gasteiger partial charge in [-0.05, 0) is 12.8 Å². The lowest BCUT2D eigenvalue weighted by Gasteiger charge is -2.26. The second-order valence-electron chi connectivity index (χ2n) is 4.43. The molecule has 0 radical (unpaired) electrons. The minimum absolute atomic E-state index is 0.119. The smallest absolute Gasteiger partial charge is 0.331 e. The Morgan fingerprint density at radius 2 is 2.05 bits per heavy atom. The number of ether oxygens (including phenoxy) is 3. The number of hydrogen-bond acceptors (Lipinski definition) is 6. The molecule has 1 fully saturated rings. The van der Waals surface area contributed by atoms with Crippen molar-refractivity contribution in [3.63, 3.8) is 0 Å². The van der Waals surface area contributed by atoms with E-state index in [0.29, 0.717) is 6.61 Å². The lowest BCUT2D eigenvalue weighted by atomic mass is 10.2. The highest BCUT2D eigenvalue weighted by Gasteiger charge is 2.27. The molecule has 112 valence electrons. The summed E-state index contributed by atoms with van der Waals surface area (Å²) in [6.07, 6.45) is 3.90. The van der Waals surface area contributed by atoms with Crippen molar-refractivity contribution in [3.8, 4) is 0 Å². The van der Waals surface area contributed by atoms with Gasteiger partial charge in [0.15, 0.2) is 0 Å². The number of hydrogen-bond donors (Lipinski definition) is 0. The van der Waals surface area contributed by atoms with E-state index in [-0.39, 0.29) is 12.6 Å². The van der Waals surface area contributed by atoms with Crippen molar-refractivity contribution >= 4 is 11.9 Å². The molecule has 0 bridgehead atoms. The molecule has 1 heterocycles. The summed E-state index contributed by atoms with van der Waals surface area (Å²) in [4.78, 5) is 24.4. The van der Waals surface area contributed by atoms with Crippen molar-refractivity contribution < 1.29 is 23.8 Å². The van der Waals surface area contributed by atoms with E-state index in [0.717, 1.165) is 37.2 Å². The maximum absolute atomic E-state index is 11.4. The van der Waals surface area contributed by atoms with Crippen LogP contribution in [-0.4, -0.2) is 56.9 Å². The minimum atomic E-state index is -0.585. The molecule has 0 aliphatic carbocycles. The number of methoxy groups -OCH3 is 2. The van der Waals surface area contributed by atoms with Crippen molar-refractivity contribution in [3.05, 3.63) is 24.4 Å². The third-order valence-electron chi connectivity index (χ3n) is 3.12. The molecule has 0 spiro atoms. The molecule has 1 unspecified atom stereocenters. The highest BCUT2D eigenvalue weighted by molar-refractivity contribution is 5.91. The van der Waals surface area contributed by atoms with Crippen LogP contribution >= 0.6 is 0 Å². The zero-order chi connectivity index (χ0) is 15.0. The van der Waals surface area contributed by atoms with E-state index in [1.807, 2.05) is 0 Å². The maximum Gasteiger partial charge on any atom is 0.331 e. The molecular formula is C14H21NO5. The predicted molar refractivity (Wildman–Crippen MR) is 72.9 cm³/mol. The Morgan fingerprint density at radius 1 is 1.35 bits per heavy atom. The third kappa shape index (κ3) is 5.05. The van der Waals surface area contributed by atoms with Gasteiger partial charge in [-0.1, -0.05) is 6.58 Å². The Hall–Kier alpha value is -1.82. The predicted octanol–water partition coefficient (Wildman–Crippen LogP) is 0.883. The second-order valence-corrected chi connectivity index (χ2v) is 4.43. The number of carbonyl (C=O) groups is 2. The molecule has 0 aromatic carbocycles. The zero-order valence-corrected chi connectivity index (χ0v) is 12.0. The van der Waals surface area contributed by atoms with Crippen LogP contribution in [0.3, 0.4) is 0 Å². The molecule has 1 aliphatic heterocycles. The van der Waals surface area contributed by atoms with Gasteiger partial charge >= 0.3 is 11.9 Å². The summed E-state index contributed by atoms with van der Waals surface area (Å²) in [6.45, 7) is 5.60. The van der Waals surface area contributed by atoms with Gasteiger partial charge in [-0.2, -0.15) is 0 Å². The number of esters is 2. The second kappa shape index (κ2) is 8.37. The molecular weight excluding hydrogens is 262 g/mol. The molecule has 1 rings (SSSR count). The summed E-state index contributed by atoms with van der Waals surface area (Å²) >= 11 is 0. The first-order valence-electron chi connectivity index (χ1n) is 6.44. The Morgan fingerprint density at radius 3 is 2.70 bits per heavy atom. The molecule has 0 aromatic heterocycles. The van der Waals surface area contributed by atoms with Crippen LogP contribution in [0.5, 0.6) is 0 Å². The van der Waals surface area contributed by atoms with E-state index in [1.54, 1.807) is 7.11 Å². The Kier molecular flexibility index (Phi) is 6.79. The summed E-state index contributed by atoms with van der Waals surface area (Å²) < 4.78 is 14.6. The van der Waals surface area contributed by atoms with Gasteiger partial charge in [0, 0.05) is 31.5 Å². The van der Waals surface area contributed by atoms with E-state index >= 15 is 0 Å². The number of allylic oxidation sites excluding steroid dienone is 1. The third-order valence-corrected chi connectivity index (χ3v) is 3.12. The summed E-state index contributed by atoms with van der Waals surface area (Å²) in [6, 6.07) is 0.119. The van der Waals surface area contributed by atoms with Crippen LogP contribution < -0.4 is 0 Å². The molecule has 0 amide bonds. The summed E-state index contributed by atoms with van der Waals surface area (Å²) in [5.41, 5.74) is 1.04. The van der Waals surface area contributed by atoms with Crippen LogP contribution in [0.2, 0.25) is 0 Å². The van der Waals surface area contributed by atoms with Crippen LogP contribution in [0.1, 0.15) is 12.8 Å². The number of carbonyl (C=O) groups excluding carboxylic acids is 2. The lowest BCUT2D eigenvalue weighted by Crippen LogP contribution is -2.35. The number of nitrogens with zero attached hydrogens (tertiary/aromatic N) is 1. The summed E-state index contributed by atoms with van der Waals surface area (Å²) in [7, 11) is 2.89. The molecule has 6 nitrogen and oxygen atoms in total. The fourth-order valence-corrected chi connectivity index (χ4v) is 2.03. The quantitative estimate of drug-likeness (QED) is 0.510. The molecule has 0 aromatic rings. The van der Waals surface area contributed by atoms with E-state index in [4.69, 9.17) is 9.47 Å². The van der Waals surface area contributed by atoms with E-state index < -0.39 is 11.9 Å². The van der Waals surface area contributed by atoms with Crippen LogP contribution in [0.15, 0.2) is 24.4 Å². The van der Waals surface area contributed by atoms with Gasteiger partial charge in [-0.3, -0.25) is 0 Å². The van der Waals surface area contributed by atoms with Crippen molar-refractivity contribution in [2.75, 3.05) is 34.0 Å². The largest absolute Gasteiger partial charge is 0.466 e. The van der Waals surface area contributed by atoms with Crippen molar-refractivity contribution in [2.24, 2.45) is 0 Å². The van der Waals surface area contributed by atoms with Crippen molar-refractivity contribution in [1.82, 2.24) is 4.90 Å². The lowest BCUT2D eigenvalue weighted by molar-refractivity contribution is -0.140. The Bertz CT molecular complexity index is 391. The van der Waals surface area contributed by atoms with Gasteiger partial charge in [-0.15, -0.1) is 0 Å². The van der Waals surface area contributed by atoms with Gasteiger partial charge in [0.1, 0.15) is 6.61 Å². The molecule has 1 aliphatic rings. The van der Waals surface area contributed by atoms with E-state index in [1.165, 1.54) is 7.11 Å². The minimum Gasteiger partial charge on any atom is -0.466 e. The monoisotopic (exact) mass is 283 g/mol. The van der Waals surface area contributed by atoms with Gasteiger partial charge in [0.2, 0.25) is 0 Å². The maximum atomic E-state index is 11.4. The topological polar surface area (TPSA) is 65.1 Å². The molecule has 1 saturated heterocycles. The first-order chi connectivity index (χ1) is 9.58. The summed E-state index contributed by atoms with van der Waals surface area (Å²) in [5.74, 6) is -1.14. The Balaban J connectivity index is 2.39. The first kappa shape index (κ1) is 16.2. The van der Waals surface area contributed by atoms with Crippen molar-refractivity contribution in [1.29, 1.82) is 0 Å². The first-order valence-corrected chi connectivity index (χ1v) is 6.44. The molecule has 0 N–H and O–H groups in total. The van der Waals surface area contributed by atoms with Crippen LogP contribution in [0.25, 0.3) is 0 Å². The highest BCUT2D eigenvalue weighted by atomic mass is 16.5. The van der Waals surface area contributed by atoms with Crippen LogP contribution in [0, 0.1) is 0 Å². The van der Waals surface area contributed by atoms with E-state index in [9.17, 15) is 9.59 Å². The van der Waals surface area contributed by atoms with Gasteiger partial charge in [-0.25, -0.2) is 9.59 Å². The highest BCUT2D eigenvalue weighted by Crippen LogP contribution is 2.25. The zero-order valence-electron chi connectivity index (χ0n) is 12.0. The van der Waals surface area contributed by atoms with Crippen LogP contribution in [0.4, 0.5) is 0 Å².